The Morgan fingerprint density at radius 3 is 2.30 bits per heavy atom. The molecule has 0 unspecified atom stereocenters. The Morgan fingerprint density at radius 2 is 1.70 bits per heavy atom. The van der Waals surface area contributed by atoms with Gasteiger partial charge in [0.15, 0.2) is 0 Å². The predicted molar refractivity (Wildman–Crippen MR) is 77.7 cm³/mol. The molecule has 20 heavy (non-hydrogen) atoms. The summed E-state index contributed by atoms with van der Waals surface area (Å²) in [5.74, 6) is 2.10. The van der Waals surface area contributed by atoms with Crippen LogP contribution in [0, 0.1) is 0 Å². The van der Waals surface area contributed by atoms with Crippen LogP contribution in [0.1, 0.15) is 5.56 Å². The fourth-order valence-corrected chi connectivity index (χ4v) is 1.85. The fraction of sp³-hybridized carbons (Fsp3) is 0.267. The summed E-state index contributed by atoms with van der Waals surface area (Å²) in [6.45, 7) is 0.621. The number of benzene rings is 1. The Morgan fingerprint density at radius 1 is 1.00 bits per heavy atom. The topological polar surface area (TPSA) is 52.6 Å². The zero-order valence-corrected chi connectivity index (χ0v) is 11.8. The van der Waals surface area contributed by atoms with Crippen molar-refractivity contribution in [3.63, 3.8) is 0 Å². The first kappa shape index (κ1) is 14.0. The average molecular weight is 274 g/mol. The molecule has 2 rings (SSSR count). The minimum atomic E-state index is 0.572. The number of nitrogens with zero attached hydrogens (tertiary/aromatic N) is 1. The van der Waals surface area contributed by atoms with Crippen LogP contribution >= 0.6 is 0 Å². The van der Waals surface area contributed by atoms with Crippen molar-refractivity contribution in [1.29, 1.82) is 0 Å². The zero-order chi connectivity index (χ0) is 14.4. The van der Waals surface area contributed by atoms with Crippen molar-refractivity contribution in [3.05, 3.63) is 42.1 Å². The lowest BCUT2D eigenvalue weighted by Gasteiger charge is -2.12. The van der Waals surface area contributed by atoms with Crippen LogP contribution in [0.5, 0.6) is 17.4 Å². The Kier molecular flexibility index (Phi) is 4.65. The monoisotopic (exact) mass is 274 g/mol. The first-order chi connectivity index (χ1) is 9.76. The highest BCUT2D eigenvalue weighted by atomic mass is 16.5. The smallest absolute Gasteiger partial charge is 0.237 e. The van der Waals surface area contributed by atoms with Crippen LogP contribution < -0.4 is 19.5 Å². The lowest BCUT2D eigenvalue weighted by Crippen LogP contribution is -2.03. The molecule has 5 heteroatoms. The summed E-state index contributed by atoms with van der Waals surface area (Å²) in [6, 6.07) is 9.53. The summed E-state index contributed by atoms with van der Waals surface area (Å²) in [5, 5.41) is 3.28. The van der Waals surface area contributed by atoms with Gasteiger partial charge in [0, 0.05) is 18.8 Å². The summed E-state index contributed by atoms with van der Waals surface area (Å²) in [7, 11) is 4.87. The van der Waals surface area contributed by atoms with Crippen molar-refractivity contribution < 1.29 is 14.2 Å². The number of ether oxygens (including phenoxy) is 3. The van der Waals surface area contributed by atoms with Crippen molar-refractivity contribution >= 4 is 5.69 Å². The number of hydrogen-bond acceptors (Lipinski definition) is 5. The SMILES string of the molecule is COc1cc(CNc2cccnc2OC)cc(OC)c1. The van der Waals surface area contributed by atoms with E-state index in [-0.39, 0.29) is 0 Å². The van der Waals surface area contributed by atoms with Gasteiger partial charge in [-0.25, -0.2) is 4.98 Å². The van der Waals surface area contributed by atoms with Gasteiger partial charge in [0.05, 0.1) is 27.0 Å². The van der Waals surface area contributed by atoms with Gasteiger partial charge in [-0.3, -0.25) is 0 Å². The first-order valence-electron chi connectivity index (χ1n) is 6.21. The third-order valence-electron chi connectivity index (χ3n) is 2.86. The Labute approximate surface area is 118 Å². The van der Waals surface area contributed by atoms with Crippen LogP contribution in [-0.4, -0.2) is 26.3 Å². The van der Waals surface area contributed by atoms with E-state index in [1.165, 1.54) is 0 Å². The molecule has 0 aliphatic carbocycles. The van der Waals surface area contributed by atoms with Gasteiger partial charge < -0.3 is 19.5 Å². The molecular formula is C15H18N2O3. The van der Waals surface area contributed by atoms with E-state index in [4.69, 9.17) is 14.2 Å². The molecule has 0 aliphatic rings. The zero-order valence-electron chi connectivity index (χ0n) is 11.8. The average Bonchev–Trinajstić information content (AvgIpc) is 2.52. The van der Waals surface area contributed by atoms with Crippen molar-refractivity contribution in [1.82, 2.24) is 4.98 Å². The molecule has 0 atom stereocenters. The van der Waals surface area contributed by atoms with Crippen LogP contribution in [0.4, 0.5) is 5.69 Å². The van der Waals surface area contributed by atoms with Crippen LogP contribution in [-0.2, 0) is 6.54 Å². The van der Waals surface area contributed by atoms with Crippen molar-refractivity contribution in [2.45, 2.75) is 6.54 Å². The normalized spacial score (nSPS) is 9.95. The van der Waals surface area contributed by atoms with Crippen molar-refractivity contribution in [2.24, 2.45) is 0 Å². The molecule has 2 aromatic rings. The van der Waals surface area contributed by atoms with Crippen molar-refractivity contribution in [3.8, 4) is 17.4 Å². The van der Waals surface area contributed by atoms with Crippen LogP contribution in [0.3, 0.4) is 0 Å². The van der Waals surface area contributed by atoms with Gasteiger partial charge >= 0.3 is 0 Å². The van der Waals surface area contributed by atoms with Gasteiger partial charge in [-0.15, -0.1) is 0 Å². The Balaban J connectivity index is 2.14. The molecule has 1 aromatic carbocycles. The molecule has 0 fully saturated rings. The van der Waals surface area contributed by atoms with E-state index < -0.39 is 0 Å². The second-order valence-corrected chi connectivity index (χ2v) is 4.13. The van der Waals surface area contributed by atoms with E-state index in [0.29, 0.717) is 12.4 Å². The quantitative estimate of drug-likeness (QED) is 0.877. The highest BCUT2D eigenvalue weighted by molar-refractivity contribution is 5.52. The predicted octanol–water partition coefficient (Wildman–Crippen LogP) is 2.72. The number of rotatable bonds is 6. The number of nitrogens with one attached hydrogen (secondary N) is 1. The van der Waals surface area contributed by atoms with E-state index in [1.54, 1.807) is 27.5 Å². The largest absolute Gasteiger partial charge is 0.497 e. The second-order valence-electron chi connectivity index (χ2n) is 4.13. The molecule has 0 saturated heterocycles. The van der Waals surface area contributed by atoms with Crippen LogP contribution in [0.15, 0.2) is 36.5 Å². The molecule has 1 heterocycles. The molecule has 0 spiro atoms. The second kappa shape index (κ2) is 6.65. The third kappa shape index (κ3) is 3.32. The van der Waals surface area contributed by atoms with Gasteiger partial charge in [0.1, 0.15) is 11.5 Å². The number of pyridine rings is 1. The highest BCUT2D eigenvalue weighted by Crippen LogP contribution is 2.25. The molecule has 1 N–H and O–H groups in total. The number of aromatic nitrogens is 1. The van der Waals surface area contributed by atoms with E-state index in [9.17, 15) is 0 Å². The van der Waals surface area contributed by atoms with E-state index in [1.807, 2.05) is 30.3 Å². The first-order valence-corrected chi connectivity index (χ1v) is 6.21. The Hall–Kier alpha value is -2.43. The number of anilines is 1. The van der Waals surface area contributed by atoms with Gasteiger partial charge in [0.25, 0.3) is 0 Å². The van der Waals surface area contributed by atoms with E-state index in [2.05, 4.69) is 10.3 Å². The molecule has 0 saturated carbocycles. The maximum atomic E-state index is 5.25. The molecule has 5 nitrogen and oxygen atoms in total. The lowest BCUT2D eigenvalue weighted by molar-refractivity contribution is 0.393. The maximum absolute atomic E-state index is 5.25. The number of hydrogen-bond donors (Lipinski definition) is 1. The third-order valence-corrected chi connectivity index (χ3v) is 2.86. The standard InChI is InChI=1S/C15H18N2O3/c1-18-12-7-11(8-13(9-12)19-2)10-17-14-5-4-6-16-15(14)20-3/h4-9,17H,10H2,1-3H3. The highest BCUT2D eigenvalue weighted by Gasteiger charge is 2.05. The lowest BCUT2D eigenvalue weighted by atomic mass is 10.2. The molecular weight excluding hydrogens is 256 g/mol. The molecule has 0 radical (unpaired) electrons. The summed E-state index contributed by atoms with van der Waals surface area (Å²) in [5.41, 5.74) is 1.89. The van der Waals surface area contributed by atoms with Gasteiger partial charge in [0.2, 0.25) is 5.88 Å². The summed E-state index contributed by atoms with van der Waals surface area (Å²) >= 11 is 0. The molecule has 0 amide bonds. The minimum absolute atomic E-state index is 0.572. The van der Waals surface area contributed by atoms with Gasteiger partial charge in [-0.05, 0) is 29.8 Å². The van der Waals surface area contributed by atoms with Crippen LogP contribution in [0.25, 0.3) is 0 Å². The number of methoxy groups -OCH3 is 3. The maximum Gasteiger partial charge on any atom is 0.237 e. The van der Waals surface area contributed by atoms with Gasteiger partial charge in [-0.1, -0.05) is 0 Å². The summed E-state index contributed by atoms with van der Waals surface area (Å²) < 4.78 is 15.7. The molecule has 106 valence electrons. The molecule has 0 bridgehead atoms. The van der Waals surface area contributed by atoms with Gasteiger partial charge in [-0.2, -0.15) is 0 Å². The molecule has 0 aliphatic heterocycles. The van der Waals surface area contributed by atoms with E-state index >= 15 is 0 Å². The summed E-state index contributed by atoms with van der Waals surface area (Å²) in [4.78, 5) is 4.14. The summed E-state index contributed by atoms with van der Waals surface area (Å²) in [6.07, 6.45) is 1.69. The van der Waals surface area contributed by atoms with E-state index in [0.717, 1.165) is 22.7 Å². The van der Waals surface area contributed by atoms with Crippen molar-refractivity contribution in [2.75, 3.05) is 26.6 Å². The minimum Gasteiger partial charge on any atom is -0.497 e. The van der Waals surface area contributed by atoms with Crippen LogP contribution in [0.2, 0.25) is 0 Å². The molecule has 1 aromatic heterocycles. The Bertz CT molecular complexity index is 551. The fourth-order valence-electron chi connectivity index (χ4n) is 1.85.